The van der Waals surface area contributed by atoms with Gasteiger partial charge in [0.05, 0.1) is 18.3 Å². The van der Waals surface area contributed by atoms with Gasteiger partial charge < -0.3 is 30.2 Å². The molecule has 3 aromatic carbocycles. The molecule has 0 unspecified atom stereocenters. The monoisotopic (exact) mass is 639 g/mol. The van der Waals surface area contributed by atoms with Crippen molar-refractivity contribution in [1.29, 1.82) is 0 Å². The van der Waals surface area contributed by atoms with Gasteiger partial charge in [-0.2, -0.15) is 13.2 Å². The number of hydrogen-bond acceptors (Lipinski definition) is 7. The molecule has 4 N–H and O–H groups in total. The van der Waals surface area contributed by atoms with Crippen LogP contribution in [-0.4, -0.2) is 47.5 Å². The Labute approximate surface area is 260 Å². The van der Waals surface area contributed by atoms with E-state index in [0.29, 0.717) is 22.6 Å². The molecular formula is C33H29F4N3O6. The van der Waals surface area contributed by atoms with Crippen LogP contribution in [0.2, 0.25) is 0 Å². The van der Waals surface area contributed by atoms with Crippen molar-refractivity contribution in [2.75, 3.05) is 13.2 Å². The number of aliphatic hydroxyl groups is 1. The van der Waals surface area contributed by atoms with Crippen molar-refractivity contribution in [1.82, 2.24) is 10.5 Å². The summed E-state index contributed by atoms with van der Waals surface area (Å²) in [5, 5.41) is 17.4. The van der Waals surface area contributed by atoms with E-state index in [0.717, 1.165) is 37.1 Å². The van der Waals surface area contributed by atoms with Gasteiger partial charge in [0.25, 0.3) is 5.91 Å². The topological polar surface area (TPSA) is 137 Å². The first-order valence-corrected chi connectivity index (χ1v) is 14.4. The van der Waals surface area contributed by atoms with E-state index in [-0.39, 0.29) is 40.7 Å². The van der Waals surface area contributed by atoms with Gasteiger partial charge >= 0.3 is 6.18 Å². The second kappa shape index (κ2) is 11.2. The number of halogens is 4. The minimum absolute atomic E-state index is 0.00584. The first-order valence-electron chi connectivity index (χ1n) is 14.4. The number of benzene rings is 3. The summed E-state index contributed by atoms with van der Waals surface area (Å²) in [5.41, 5.74) is 1.98. The van der Waals surface area contributed by atoms with E-state index in [4.69, 9.17) is 19.7 Å². The second-order valence-corrected chi connectivity index (χ2v) is 11.8. The number of rotatable bonds is 9. The van der Waals surface area contributed by atoms with Crippen LogP contribution in [0.15, 0.2) is 65.4 Å². The zero-order valence-electron chi connectivity index (χ0n) is 24.7. The Kier molecular flexibility index (Phi) is 7.54. The minimum atomic E-state index is -5.30. The van der Waals surface area contributed by atoms with Gasteiger partial charge in [0.1, 0.15) is 35.6 Å². The fourth-order valence-electron chi connectivity index (χ4n) is 5.35. The highest BCUT2D eigenvalue weighted by atomic mass is 19.4. The normalized spacial score (nSPS) is 18.8. The maximum absolute atomic E-state index is 14.8. The van der Waals surface area contributed by atoms with E-state index in [2.05, 4.69) is 10.5 Å². The first kappa shape index (κ1) is 31.1. The summed E-state index contributed by atoms with van der Waals surface area (Å²) in [6.45, 7) is 1.61. The summed E-state index contributed by atoms with van der Waals surface area (Å²) >= 11 is 0. The van der Waals surface area contributed by atoms with E-state index in [1.807, 2.05) is 0 Å². The third-order valence-electron chi connectivity index (χ3n) is 8.44. The zero-order chi connectivity index (χ0) is 33.0. The lowest BCUT2D eigenvalue weighted by Gasteiger charge is -2.32. The number of hydrogen-bond donors (Lipinski definition) is 3. The Morgan fingerprint density at radius 2 is 1.80 bits per heavy atom. The van der Waals surface area contributed by atoms with E-state index < -0.39 is 46.9 Å². The Balaban J connectivity index is 1.37. The molecule has 4 aromatic rings. The fourth-order valence-corrected chi connectivity index (χ4v) is 5.35. The van der Waals surface area contributed by atoms with Crippen LogP contribution in [0.25, 0.3) is 22.3 Å². The van der Waals surface area contributed by atoms with Crippen molar-refractivity contribution in [2.45, 2.75) is 50.0 Å². The lowest BCUT2D eigenvalue weighted by molar-refractivity contribution is -0.263. The van der Waals surface area contributed by atoms with Crippen molar-refractivity contribution >= 4 is 11.8 Å². The predicted molar refractivity (Wildman–Crippen MR) is 156 cm³/mol. The number of aromatic nitrogens is 1. The first-order chi connectivity index (χ1) is 21.7. The molecule has 1 fully saturated rings. The number of aryl methyl sites for hydroxylation is 1. The molecule has 6 rings (SSSR count). The van der Waals surface area contributed by atoms with Crippen molar-refractivity contribution < 1.29 is 46.3 Å². The number of carbonyl (C=O) groups excluding carboxylic acids is 2. The smallest absolute Gasteiger partial charge is 0.423 e. The summed E-state index contributed by atoms with van der Waals surface area (Å²) in [6.07, 6.45) is -2.29. The molecule has 1 aliphatic carbocycles. The van der Waals surface area contributed by atoms with Crippen molar-refractivity contribution in [3.8, 4) is 33.8 Å². The average Bonchev–Trinajstić information content (AvgIpc) is 3.62. The second-order valence-electron chi connectivity index (χ2n) is 11.8. The van der Waals surface area contributed by atoms with E-state index in [9.17, 15) is 32.3 Å². The third kappa shape index (κ3) is 5.44. The molecule has 2 amide bonds. The van der Waals surface area contributed by atoms with Gasteiger partial charge in [-0.3, -0.25) is 9.59 Å². The molecule has 1 saturated carbocycles. The van der Waals surface area contributed by atoms with Gasteiger partial charge in [0.15, 0.2) is 0 Å². The molecule has 0 radical (unpaired) electrons. The lowest BCUT2D eigenvalue weighted by Crippen LogP contribution is -2.51. The molecule has 9 nitrogen and oxygen atoms in total. The molecule has 2 atom stereocenters. The number of alkyl halides is 3. The van der Waals surface area contributed by atoms with Gasteiger partial charge in [0.2, 0.25) is 11.5 Å². The van der Waals surface area contributed by atoms with Gasteiger partial charge in [-0.05, 0) is 80.3 Å². The van der Waals surface area contributed by atoms with Crippen LogP contribution in [0.5, 0.6) is 11.5 Å². The molecular weight excluding hydrogens is 610 g/mol. The number of carbonyl (C=O) groups is 2. The fraction of sp³-hybridized carbons (Fsp3) is 0.303. The van der Waals surface area contributed by atoms with Gasteiger partial charge in [-0.25, -0.2) is 4.39 Å². The van der Waals surface area contributed by atoms with Crippen LogP contribution in [-0.2, 0) is 15.8 Å². The summed E-state index contributed by atoms with van der Waals surface area (Å²) in [4.78, 5) is 25.7. The standard InChI is InChI=1S/C33H29F4N3O6/c1-17-25(14-45-40-17)23-10-5-19(11-27(23)46-22-8-9-22)29(41)39-15-32(43,33(35,36)37)20-12-24(18-3-6-21(34)7-4-18)28-26(13-20)31(2,16-44-28)30(38)42/h3-7,10-14,22,43H,8-9,15-16H2,1-2H3,(H2,38,42)(H,39,41)/t31-,32-/m0/s1. The van der Waals surface area contributed by atoms with Gasteiger partial charge in [-0.15, -0.1) is 0 Å². The Morgan fingerprint density at radius 1 is 1.09 bits per heavy atom. The third-order valence-corrected chi connectivity index (χ3v) is 8.44. The Morgan fingerprint density at radius 3 is 2.41 bits per heavy atom. The van der Waals surface area contributed by atoms with Crippen LogP contribution >= 0.6 is 0 Å². The predicted octanol–water partition coefficient (Wildman–Crippen LogP) is 5.31. The Hall–Kier alpha value is -4.91. The molecule has 0 spiro atoms. The molecule has 2 heterocycles. The SMILES string of the molecule is Cc1nocc1-c1ccc(C(=O)NC[C@](O)(c2cc(-c3ccc(F)cc3)c3c(c2)[C@@](C)(C(N)=O)CO3)C(F)(F)F)cc1OC1CC1. The number of nitrogens with two attached hydrogens (primary N) is 1. The number of fused-ring (bicyclic) bond motifs is 1. The van der Waals surface area contributed by atoms with Gasteiger partial charge in [-0.1, -0.05) is 17.3 Å². The van der Waals surface area contributed by atoms with Crippen LogP contribution < -0.4 is 20.5 Å². The summed E-state index contributed by atoms with van der Waals surface area (Å²) in [6, 6.07) is 11.4. The van der Waals surface area contributed by atoms with Crippen molar-refractivity contribution in [2.24, 2.45) is 5.73 Å². The Bertz CT molecular complexity index is 1840. The lowest BCUT2D eigenvalue weighted by atomic mass is 9.79. The van der Waals surface area contributed by atoms with Crippen LogP contribution in [0.3, 0.4) is 0 Å². The molecule has 13 heteroatoms. The van der Waals surface area contributed by atoms with Gasteiger partial charge in [0, 0.05) is 27.8 Å². The largest absolute Gasteiger partial charge is 0.491 e. The van der Waals surface area contributed by atoms with E-state index >= 15 is 0 Å². The quantitative estimate of drug-likeness (QED) is 0.211. The number of primary amides is 1. The highest BCUT2D eigenvalue weighted by Gasteiger charge is 2.56. The molecule has 1 aliphatic heterocycles. The minimum Gasteiger partial charge on any atom is -0.491 e. The summed E-state index contributed by atoms with van der Waals surface area (Å²) in [5.74, 6) is -1.92. The number of nitrogens with zero attached hydrogens (tertiary/aromatic N) is 1. The number of ether oxygens (including phenoxy) is 2. The number of amides is 2. The van der Waals surface area contributed by atoms with Crippen LogP contribution in [0.1, 0.15) is 46.9 Å². The maximum atomic E-state index is 14.8. The van der Waals surface area contributed by atoms with Crippen LogP contribution in [0.4, 0.5) is 17.6 Å². The van der Waals surface area contributed by atoms with Crippen molar-refractivity contribution in [3.63, 3.8) is 0 Å². The molecule has 0 bridgehead atoms. The maximum Gasteiger partial charge on any atom is 0.423 e. The van der Waals surface area contributed by atoms with E-state index in [1.165, 1.54) is 37.5 Å². The molecule has 0 saturated heterocycles. The highest BCUT2D eigenvalue weighted by Crippen LogP contribution is 2.49. The zero-order valence-corrected chi connectivity index (χ0v) is 24.7. The average molecular weight is 640 g/mol. The van der Waals surface area contributed by atoms with Crippen LogP contribution in [0, 0.1) is 12.7 Å². The molecule has 240 valence electrons. The van der Waals surface area contributed by atoms with E-state index in [1.54, 1.807) is 13.0 Å². The highest BCUT2D eigenvalue weighted by molar-refractivity contribution is 5.96. The molecule has 1 aromatic heterocycles. The molecule has 46 heavy (non-hydrogen) atoms. The van der Waals surface area contributed by atoms with Crippen molar-refractivity contribution in [3.05, 3.63) is 89.1 Å². The summed E-state index contributed by atoms with van der Waals surface area (Å²) < 4.78 is 74.8. The number of nitrogens with one attached hydrogen (secondary N) is 1. The molecule has 2 aliphatic rings. The summed E-state index contributed by atoms with van der Waals surface area (Å²) in [7, 11) is 0.